The molecule has 0 radical (unpaired) electrons. The Bertz CT molecular complexity index is 3180. The number of fused-ring (bicyclic) bond motifs is 7. The topological polar surface area (TPSA) is 551 Å². The fourth-order valence-corrected chi connectivity index (χ4v) is 21.0. The second-order valence-electron chi connectivity index (χ2n) is 35.1. The van der Waals surface area contributed by atoms with Crippen LogP contribution in [-0.4, -0.2) is 327 Å². The number of carbonyl (C=O) groups is 3. The minimum Gasteiger partial charge on any atom is -0.479 e. The summed E-state index contributed by atoms with van der Waals surface area (Å²) in [6.07, 6.45) is -36.5. The molecule has 636 valence electrons. The molecule has 6 saturated heterocycles. The average Bonchev–Trinajstić information content (AvgIpc) is 0.675. The van der Waals surface area contributed by atoms with E-state index in [0.29, 0.717) is 44.9 Å². The molecule has 4 saturated carbocycles. The summed E-state index contributed by atoms with van der Waals surface area (Å²) in [6, 6.07) is -1.42. The molecule has 0 spiro atoms. The van der Waals surface area contributed by atoms with Crippen LogP contribution in [0.25, 0.3) is 0 Å². The molecule has 0 aromatic carbocycles. The summed E-state index contributed by atoms with van der Waals surface area (Å²) in [6.45, 7) is 13.3. The van der Waals surface area contributed by atoms with E-state index in [1.807, 2.05) is 0 Å². The van der Waals surface area contributed by atoms with Crippen molar-refractivity contribution in [2.45, 2.75) is 362 Å². The number of hydrogen-bond acceptors (Lipinski definition) is 33. The predicted octanol–water partition coefficient (Wildman–Crippen LogP) is -1.53. The monoisotopic (exact) mass is 1590 g/mol. The van der Waals surface area contributed by atoms with Crippen LogP contribution in [0.2, 0.25) is 0 Å². The van der Waals surface area contributed by atoms with Crippen LogP contribution >= 0.6 is 0 Å². The van der Waals surface area contributed by atoms with Gasteiger partial charge in [0.1, 0.15) is 115 Å². The van der Waals surface area contributed by atoms with Gasteiger partial charge in [0.2, 0.25) is 12.2 Å². The number of rotatable bonds is 27. The maximum absolute atomic E-state index is 16.1. The van der Waals surface area contributed by atoms with E-state index in [0.717, 1.165) is 50.5 Å². The molecule has 0 aromatic heterocycles. The zero-order valence-corrected chi connectivity index (χ0v) is 64.6. The first-order valence-corrected chi connectivity index (χ1v) is 39.9. The fourth-order valence-electron chi connectivity index (χ4n) is 21.0. The van der Waals surface area contributed by atoms with Crippen molar-refractivity contribution in [2.75, 3.05) is 26.4 Å². The van der Waals surface area contributed by atoms with Gasteiger partial charge in [-0.2, -0.15) is 0 Å². The van der Waals surface area contributed by atoms with Crippen molar-refractivity contribution in [3.05, 3.63) is 11.6 Å². The Morgan fingerprint density at radius 3 is 1.74 bits per heavy atom. The number of unbranched alkanes of at least 4 members (excludes halogenated alkanes) is 8. The maximum atomic E-state index is 16.1. The molecule has 6 heterocycles. The number of hydrogen-bond donors (Lipinski definition) is 19. The first kappa shape index (κ1) is 88.4. The van der Waals surface area contributed by atoms with Crippen LogP contribution in [0.5, 0.6) is 0 Å². The highest BCUT2D eigenvalue weighted by atomic mass is 16.8. The number of aliphatic hydroxyl groups is 16. The molecule has 6 aliphatic heterocycles. The molecule has 10 fully saturated rings. The second kappa shape index (κ2) is 35.6. The van der Waals surface area contributed by atoms with Crippen LogP contribution in [0.15, 0.2) is 16.8 Å². The van der Waals surface area contributed by atoms with Gasteiger partial charge in [-0.25, -0.2) is 4.79 Å². The number of ether oxygens (including phenoxy) is 12. The van der Waals surface area contributed by atoms with E-state index in [1.54, 1.807) is 6.92 Å². The number of esters is 1. The van der Waals surface area contributed by atoms with E-state index >= 15 is 4.79 Å². The molecule has 11 aliphatic rings. The summed E-state index contributed by atoms with van der Waals surface area (Å²) in [7, 11) is 0. The second-order valence-corrected chi connectivity index (χ2v) is 35.1. The molecule has 111 heavy (non-hydrogen) atoms. The van der Waals surface area contributed by atoms with Gasteiger partial charge in [-0.1, -0.05) is 111 Å². The summed E-state index contributed by atoms with van der Waals surface area (Å²) in [5.74, 6) is -4.51. The van der Waals surface area contributed by atoms with E-state index in [2.05, 4.69) is 58.1 Å². The summed E-state index contributed by atoms with van der Waals surface area (Å²) in [4.78, 5) is 43.0. The molecule has 11 rings (SSSR count). The Balaban J connectivity index is 0.869. The third kappa shape index (κ3) is 16.9. The van der Waals surface area contributed by atoms with Crippen molar-refractivity contribution in [2.24, 2.45) is 55.4 Å². The van der Waals surface area contributed by atoms with Crippen LogP contribution in [0.1, 0.15) is 177 Å². The highest BCUT2D eigenvalue weighted by Crippen LogP contribution is 2.76. The zero-order valence-electron chi connectivity index (χ0n) is 64.6. The van der Waals surface area contributed by atoms with Crippen LogP contribution in [-0.2, 0) is 71.2 Å². The van der Waals surface area contributed by atoms with Gasteiger partial charge in [0.25, 0.3) is 0 Å². The average molecular weight is 1590 g/mol. The molecule has 5 aliphatic carbocycles. The zero-order chi connectivity index (χ0) is 80.9. The number of aliphatic hydroxyl groups excluding tert-OH is 16. The Hall–Kier alpha value is -3.46. The van der Waals surface area contributed by atoms with Gasteiger partial charge >= 0.3 is 11.9 Å². The minimum absolute atomic E-state index is 0.0286. The number of allylic oxidation sites excluding steroid dienone is 2. The lowest BCUT2D eigenvalue weighted by Gasteiger charge is -2.71. The standard InChI is InChI=1S/C76H124N2O33/c1-9-10-11-12-13-14-15-16-17-18-45(84)78-46-39(29-79)103-68(61(50(46)88)109-66-56(94)52(90)58(34(2)102-66)106-64-53(91)47(85)37(81)31-100-64)111-70(98)76-26-25-71(3,4)27-36(76)35-19-20-42-72(5)23-22-44(73(6,33-77-99)41(72)21-24-74(42,7)75(35,8)28-43(76)83)105-69-62(110-67-55(93)51(89)49(87)40(30-80)104-67)59(57(95)60(108-69)63(96)97)107-65-54(92)48(86)38(82)32-101-65/h19,33-34,36-44,46-62,64-69,79-83,85-95,99H,9-18,20-32H2,1-8H3,(H,78,84)(H,96,97)/b77-33+/t34?,36?,37-,38-,39+,40?,41-,42?,43?,44+,46?,47?,48+,49+,50?,51+,52?,53?,54?,55?,56?,57+,58+,59+,60?,61?,62?,64+,65+,66+,67+,68+,69-,72?,73-,74?,75-,76-/m1/s1. The van der Waals surface area contributed by atoms with Crippen LogP contribution in [0.3, 0.4) is 0 Å². The molecular weight excluding hydrogens is 1470 g/mol. The first-order valence-electron chi connectivity index (χ1n) is 39.9. The summed E-state index contributed by atoms with van der Waals surface area (Å²) in [5, 5.41) is 207. The number of nitrogens with one attached hydrogen (secondary N) is 1. The van der Waals surface area contributed by atoms with Gasteiger partial charge in [0.15, 0.2) is 43.7 Å². The van der Waals surface area contributed by atoms with Crippen molar-refractivity contribution in [3.8, 4) is 0 Å². The van der Waals surface area contributed by atoms with Gasteiger partial charge < -0.3 is 154 Å². The molecule has 1 amide bonds. The van der Waals surface area contributed by atoms with E-state index < -0.39 is 273 Å². The molecule has 35 nitrogen and oxygen atoms in total. The summed E-state index contributed by atoms with van der Waals surface area (Å²) < 4.78 is 73.4. The smallest absolute Gasteiger partial charge is 0.335 e. The number of aliphatic carboxylic acids is 1. The fraction of sp³-hybridized carbons (Fsp3) is 0.921. The number of carboxylic acids is 1. The van der Waals surface area contributed by atoms with E-state index in [9.17, 15) is 102 Å². The molecule has 35 heteroatoms. The van der Waals surface area contributed by atoms with Crippen molar-refractivity contribution in [1.82, 2.24) is 5.32 Å². The number of amides is 1. The lowest BCUT2D eigenvalue weighted by atomic mass is 9.33. The van der Waals surface area contributed by atoms with Crippen molar-refractivity contribution in [1.29, 1.82) is 0 Å². The highest BCUT2D eigenvalue weighted by molar-refractivity contribution is 5.80. The lowest BCUT2D eigenvalue weighted by Crippen LogP contribution is -2.70. The van der Waals surface area contributed by atoms with Crippen LogP contribution < -0.4 is 5.32 Å². The van der Waals surface area contributed by atoms with Gasteiger partial charge in [-0.05, 0) is 111 Å². The molecule has 0 bridgehead atoms. The summed E-state index contributed by atoms with van der Waals surface area (Å²) >= 11 is 0. The van der Waals surface area contributed by atoms with Gasteiger partial charge in [0, 0.05) is 11.8 Å². The van der Waals surface area contributed by atoms with Crippen molar-refractivity contribution < 1.29 is 163 Å². The molecule has 0 aromatic rings. The van der Waals surface area contributed by atoms with E-state index in [4.69, 9.17) is 56.8 Å². The molecule has 38 atom stereocenters. The third-order valence-corrected chi connectivity index (χ3v) is 27.7. The Morgan fingerprint density at radius 2 is 1.13 bits per heavy atom. The normalized spacial score (nSPS) is 49.3. The number of carbonyl (C=O) groups excluding carboxylic acids is 2. The molecule has 18 unspecified atom stereocenters. The SMILES string of the molecule is CCCCCCCCCCCC(=O)NC1C(O)C(O[C@@H]2OC(C)[C@H](O[C@@H]3OC[C@@H](O)C(O)C3O)C(O)C2O)[C@H](OC(=O)[C@]23CCC(C)(C)CC2C2=CCC4C5(C)CC[C@H](O[C@@H]6OC(C(=O)O)[C@@H](O)[C@H](O[C@@H]7OC[C@@H](O)[C@H](O)C7O)C6O[C@@H]6OC(CO)[C@H](O)[C@H](O)C6O)[C@](C)(/C=N/O)[C@@H]5CCC4(C)[C@]2(C)CC3O)O[C@H]1CO. The molecular formula is C76H124N2O33. The van der Waals surface area contributed by atoms with Gasteiger partial charge in [-0.3, -0.25) is 9.59 Å². The Labute approximate surface area is 645 Å². The maximum Gasteiger partial charge on any atom is 0.335 e. The third-order valence-electron chi connectivity index (χ3n) is 27.7. The van der Waals surface area contributed by atoms with Gasteiger partial charge in [-0.15, -0.1) is 5.16 Å². The van der Waals surface area contributed by atoms with E-state index in [1.165, 1.54) is 19.6 Å². The quantitative estimate of drug-likeness (QED) is 0.00843. The first-order chi connectivity index (χ1) is 52.4. The number of nitrogens with zero attached hydrogens (tertiary/aromatic N) is 1. The largest absolute Gasteiger partial charge is 0.479 e. The molecule has 19 N–H and O–H groups in total. The highest BCUT2D eigenvalue weighted by Gasteiger charge is 2.73. The predicted molar refractivity (Wildman–Crippen MR) is 379 cm³/mol. The lowest BCUT2D eigenvalue weighted by molar-refractivity contribution is -0.391. The van der Waals surface area contributed by atoms with Crippen molar-refractivity contribution >= 4 is 24.1 Å². The number of carboxylic acid groups (broad SMARTS) is 1. The van der Waals surface area contributed by atoms with Crippen LogP contribution in [0.4, 0.5) is 0 Å². The Morgan fingerprint density at radius 1 is 0.559 bits per heavy atom. The number of oxime groups is 1. The van der Waals surface area contributed by atoms with Gasteiger partial charge in [0.05, 0.1) is 57.0 Å². The summed E-state index contributed by atoms with van der Waals surface area (Å²) in [5.41, 5.74) is -4.75. The van der Waals surface area contributed by atoms with Crippen LogP contribution in [0, 0.1) is 50.2 Å². The van der Waals surface area contributed by atoms with Crippen molar-refractivity contribution in [3.63, 3.8) is 0 Å². The Kier molecular flexibility index (Phi) is 28.3. The van der Waals surface area contributed by atoms with E-state index in [-0.39, 0.29) is 31.6 Å². The minimum atomic E-state index is -2.22.